The standard InChI is InChI=1S/C24H28N2O6S2/c1-30-18-7-4-16(5-8-18)10-11-26-19-14-34(28,29)15-22(19)33-24(26)25-23(27)13-17-6-9-20(31-2)21(12-17)32-3/h4-9,12,19,22H,10-11,13-15H2,1-3H3. The van der Waals surface area contributed by atoms with Crippen LogP contribution in [0.15, 0.2) is 47.5 Å². The van der Waals surface area contributed by atoms with Crippen molar-refractivity contribution >= 4 is 32.7 Å². The van der Waals surface area contributed by atoms with Gasteiger partial charge in [0.05, 0.1) is 45.3 Å². The van der Waals surface area contributed by atoms with E-state index in [0.717, 1.165) is 16.9 Å². The molecule has 182 valence electrons. The first-order valence-corrected chi connectivity index (χ1v) is 13.6. The molecule has 2 unspecified atom stereocenters. The molecule has 0 bridgehead atoms. The Labute approximate surface area is 204 Å². The zero-order chi connectivity index (χ0) is 24.3. The van der Waals surface area contributed by atoms with E-state index in [1.165, 1.54) is 11.8 Å². The molecule has 4 rings (SSSR count). The third-order valence-corrected chi connectivity index (χ3v) is 9.25. The fourth-order valence-electron chi connectivity index (χ4n) is 4.25. The maximum Gasteiger partial charge on any atom is 0.252 e. The first-order chi connectivity index (χ1) is 16.3. The third kappa shape index (κ3) is 5.50. The number of carbonyl (C=O) groups excluding carboxylic acids is 1. The Balaban J connectivity index is 1.50. The van der Waals surface area contributed by atoms with Gasteiger partial charge in [0, 0.05) is 11.8 Å². The second kappa shape index (κ2) is 10.3. The van der Waals surface area contributed by atoms with Crippen LogP contribution in [0.4, 0.5) is 0 Å². The van der Waals surface area contributed by atoms with Gasteiger partial charge in [-0.15, -0.1) is 0 Å². The molecule has 0 spiro atoms. The molecule has 0 N–H and O–H groups in total. The third-order valence-electron chi connectivity index (χ3n) is 6.00. The molecule has 2 aliphatic heterocycles. The predicted octanol–water partition coefficient (Wildman–Crippen LogP) is 2.59. The molecule has 0 aliphatic carbocycles. The number of carbonyl (C=O) groups is 1. The summed E-state index contributed by atoms with van der Waals surface area (Å²) in [4.78, 5) is 19.2. The van der Waals surface area contributed by atoms with Crippen LogP contribution in [0.3, 0.4) is 0 Å². The molecule has 2 fully saturated rings. The average molecular weight is 505 g/mol. The molecule has 8 nitrogen and oxygen atoms in total. The summed E-state index contributed by atoms with van der Waals surface area (Å²) in [6.45, 7) is 0.582. The molecule has 1 amide bonds. The highest BCUT2D eigenvalue weighted by molar-refractivity contribution is 8.15. The number of ether oxygens (including phenoxy) is 3. The van der Waals surface area contributed by atoms with E-state index in [1.54, 1.807) is 33.5 Å². The van der Waals surface area contributed by atoms with Crippen LogP contribution in [0, 0.1) is 0 Å². The Morgan fingerprint density at radius 1 is 1.00 bits per heavy atom. The Bertz CT molecular complexity index is 1180. The Morgan fingerprint density at radius 3 is 2.38 bits per heavy atom. The largest absolute Gasteiger partial charge is 0.497 e. The number of rotatable bonds is 8. The topological polar surface area (TPSA) is 94.5 Å². The van der Waals surface area contributed by atoms with Crippen molar-refractivity contribution in [1.29, 1.82) is 0 Å². The van der Waals surface area contributed by atoms with Crippen LogP contribution in [0.25, 0.3) is 0 Å². The Hall–Kier alpha value is -2.72. The molecule has 2 atom stereocenters. The number of nitrogens with zero attached hydrogens (tertiary/aromatic N) is 2. The van der Waals surface area contributed by atoms with Crippen molar-refractivity contribution < 1.29 is 27.4 Å². The average Bonchev–Trinajstić information content (AvgIpc) is 3.28. The quantitative estimate of drug-likeness (QED) is 0.542. The van der Waals surface area contributed by atoms with E-state index in [1.807, 2.05) is 35.2 Å². The van der Waals surface area contributed by atoms with Gasteiger partial charge in [0.15, 0.2) is 26.5 Å². The van der Waals surface area contributed by atoms with Gasteiger partial charge in [0.25, 0.3) is 5.91 Å². The van der Waals surface area contributed by atoms with Gasteiger partial charge in [-0.25, -0.2) is 8.42 Å². The Kier molecular flexibility index (Phi) is 7.37. The molecule has 2 aromatic carbocycles. The van der Waals surface area contributed by atoms with E-state index in [2.05, 4.69) is 4.99 Å². The number of hydrogen-bond donors (Lipinski definition) is 0. The molecule has 0 aromatic heterocycles. The van der Waals surface area contributed by atoms with E-state index >= 15 is 0 Å². The molecule has 10 heteroatoms. The SMILES string of the molecule is COc1ccc(CCN2C(=NC(=O)Cc3ccc(OC)c(OC)c3)SC3CS(=O)(=O)CC32)cc1. The lowest BCUT2D eigenvalue weighted by Gasteiger charge is -2.24. The smallest absolute Gasteiger partial charge is 0.252 e. The number of hydrogen-bond acceptors (Lipinski definition) is 7. The van der Waals surface area contributed by atoms with Crippen molar-refractivity contribution in [1.82, 2.24) is 4.90 Å². The number of amides is 1. The minimum absolute atomic E-state index is 0.0934. The maximum absolute atomic E-state index is 12.8. The van der Waals surface area contributed by atoms with Crippen LogP contribution in [0.5, 0.6) is 17.2 Å². The molecule has 2 saturated heterocycles. The lowest BCUT2D eigenvalue weighted by atomic mass is 10.1. The lowest BCUT2D eigenvalue weighted by Crippen LogP contribution is -2.39. The fourth-order valence-corrected chi connectivity index (χ4v) is 8.25. The van der Waals surface area contributed by atoms with Crippen LogP contribution in [-0.2, 0) is 27.5 Å². The fraction of sp³-hybridized carbons (Fsp3) is 0.417. The normalized spacial score (nSPS) is 22.0. The van der Waals surface area contributed by atoms with Gasteiger partial charge < -0.3 is 19.1 Å². The molecule has 0 saturated carbocycles. The van der Waals surface area contributed by atoms with Crippen LogP contribution in [-0.4, -0.2) is 75.1 Å². The highest BCUT2D eigenvalue weighted by Crippen LogP contribution is 2.38. The molecule has 34 heavy (non-hydrogen) atoms. The highest BCUT2D eigenvalue weighted by atomic mass is 32.2. The maximum atomic E-state index is 12.8. The molecule has 2 aromatic rings. The lowest BCUT2D eigenvalue weighted by molar-refractivity contribution is -0.117. The number of methoxy groups -OCH3 is 3. The summed E-state index contributed by atoms with van der Waals surface area (Å²) in [7, 11) is 1.64. The van der Waals surface area contributed by atoms with Crippen molar-refractivity contribution in [2.24, 2.45) is 4.99 Å². The zero-order valence-corrected chi connectivity index (χ0v) is 21.0. The number of sulfone groups is 1. The summed E-state index contributed by atoms with van der Waals surface area (Å²) >= 11 is 1.40. The highest BCUT2D eigenvalue weighted by Gasteiger charge is 2.48. The van der Waals surface area contributed by atoms with Crippen LogP contribution < -0.4 is 14.2 Å². The minimum Gasteiger partial charge on any atom is -0.497 e. The summed E-state index contributed by atoms with van der Waals surface area (Å²) in [5.74, 6) is 1.85. The van der Waals surface area contributed by atoms with E-state index in [9.17, 15) is 13.2 Å². The summed E-state index contributed by atoms with van der Waals surface area (Å²) in [5, 5.41) is 0.498. The van der Waals surface area contributed by atoms with Gasteiger partial charge in [-0.3, -0.25) is 4.79 Å². The Morgan fingerprint density at radius 2 is 1.71 bits per heavy atom. The van der Waals surface area contributed by atoms with Crippen molar-refractivity contribution in [3.63, 3.8) is 0 Å². The van der Waals surface area contributed by atoms with E-state index in [0.29, 0.717) is 29.6 Å². The molecule has 2 aliphatic rings. The summed E-state index contributed by atoms with van der Waals surface area (Å²) in [6.07, 6.45) is 0.821. The van der Waals surface area contributed by atoms with E-state index in [4.69, 9.17) is 14.2 Å². The predicted molar refractivity (Wildman–Crippen MR) is 133 cm³/mol. The summed E-state index contributed by atoms with van der Waals surface area (Å²) in [6, 6.07) is 13.0. The number of aliphatic imine (C=N–C) groups is 1. The zero-order valence-electron chi connectivity index (χ0n) is 19.4. The van der Waals surface area contributed by atoms with Crippen LogP contribution in [0.2, 0.25) is 0 Å². The number of benzene rings is 2. The molecule has 0 radical (unpaired) electrons. The first kappa shape index (κ1) is 24.4. The number of thioether (sulfide) groups is 1. The van der Waals surface area contributed by atoms with Crippen molar-refractivity contribution in [3.05, 3.63) is 53.6 Å². The monoisotopic (exact) mass is 504 g/mol. The molecular formula is C24H28N2O6S2. The number of fused-ring (bicyclic) bond motifs is 1. The second-order valence-electron chi connectivity index (χ2n) is 8.25. The van der Waals surface area contributed by atoms with Crippen LogP contribution >= 0.6 is 11.8 Å². The van der Waals surface area contributed by atoms with Gasteiger partial charge >= 0.3 is 0 Å². The second-order valence-corrected chi connectivity index (χ2v) is 11.6. The minimum atomic E-state index is -3.09. The molecular weight excluding hydrogens is 476 g/mol. The van der Waals surface area contributed by atoms with Gasteiger partial charge in [-0.2, -0.15) is 4.99 Å². The first-order valence-electron chi connectivity index (χ1n) is 10.9. The van der Waals surface area contributed by atoms with Gasteiger partial charge in [0.2, 0.25) is 0 Å². The van der Waals surface area contributed by atoms with Crippen molar-refractivity contribution in [3.8, 4) is 17.2 Å². The van der Waals surface area contributed by atoms with Gasteiger partial charge in [-0.1, -0.05) is 30.0 Å². The van der Waals surface area contributed by atoms with E-state index in [-0.39, 0.29) is 35.1 Å². The molecule has 2 heterocycles. The summed E-state index contributed by atoms with van der Waals surface area (Å²) in [5.41, 5.74) is 1.87. The van der Waals surface area contributed by atoms with Crippen LogP contribution in [0.1, 0.15) is 11.1 Å². The van der Waals surface area contributed by atoms with Gasteiger partial charge in [0.1, 0.15) is 5.75 Å². The van der Waals surface area contributed by atoms with Gasteiger partial charge in [-0.05, 0) is 41.8 Å². The number of amidine groups is 1. The van der Waals surface area contributed by atoms with E-state index < -0.39 is 9.84 Å². The van der Waals surface area contributed by atoms with Crippen molar-refractivity contribution in [2.75, 3.05) is 39.4 Å². The van der Waals surface area contributed by atoms with Crippen molar-refractivity contribution in [2.45, 2.75) is 24.1 Å². The summed E-state index contributed by atoms with van der Waals surface area (Å²) < 4.78 is 40.2.